The van der Waals surface area contributed by atoms with Crippen molar-refractivity contribution in [2.75, 3.05) is 39.9 Å². The van der Waals surface area contributed by atoms with Crippen LogP contribution >= 0.6 is 24.0 Å². The van der Waals surface area contributed by atoms with E-state index in [1.165, 1.54) is 12.8 Å². The monoisotopic (exact) mass is 482 g/mol. The number of aliphatic imine (C=N–C) groups is 1. The molecule has 0 bridgehead atoms. The topological polar surface area (TPSA) is 75.2 Å². The first-order valence-electron chi connectivity index (χ1n) is 9.29. The van der Waals surface area contributed by atoms with E-state index in [-0.39, 0.29) is 36.1 Å². The lowest BCUT2D eigenvalue weighted by Gasteiger charge is -2.40. The van der Waals surface area contributed by atoms with E-state index in [0.717, 1.165) is 32.1 Å². The molecule has 0 aromatic heterocycles. The van der Waals surface area contributed by atoms with E-state index < -0.39 is 5.60 Å². The van der Waals surface area contributed by atoms with Crippen molar-refractivity contribution in [3.8, 4) is 0 Å². The Balaban J connectivity index is 0.00000338. The zero-order valence-electron chi connectivity index (χ0n) is 16.8. The van der Waals surface area contributed by atoms with Gasteiger partial charge in [-0.05, 0) is 52.4 Å². The lowest BCUT2D eigenvalue weighted by Crippen LogP contribution is -2.63. The number of carbonyl (C=O) groups excluding carboxylic acids is 1. The first-order valence-corrected chi connectivity index (χ1v) is 9.29. The van der Waals surface area contributed by atoms with Crippen LogP contribution in [0.1, 0.15) is 47.0 Å². The average Bonchev–Trinajstić information content (AvgIpc) is 3.24. The molecule has 2 aliphatic rings. The number of methoxy groups -OCH3 is 1. The average molecular weight is 482 g/mol. The van der Waals surface area contributed by atoms with Crippen LogP contribution in [0.3, 0.4) is 0 Å². The summed E-state index contributed by atoms with van der Waals surface area (Å²) in [5, 5.41) is 6.71. The second kappa shape index (κ2) is 9.96. The third-order valence-corrected chi connectivity index (χ3v) is 4.58. The first-order chi connectivity index (χ1) is 11.8. The molecule has 0 aromatic rings. The Hall–Kier alpha value is -0.770. The minimum Gasteiger partial charge on any atom is -0.444 e. The molecule has 0 unspecified atom stereocenters. The second-order valence-electron chi connectivity index (χ2n) is 8.16. The lowest BCUT2D eigenvalue weighted by atomic mass is 10.0. The number of hydrogen-bond acceptors (Lipinski definition) is 4. The number of nitrogens with zero attached hydrogens (tertiary/aromatic N) is 2. The number of ether oxygens (including phenoxy) is 2. The molecule has 0 radical (unpaired) electrons. The zero-order chi connectivity index (χ0) is 18.5. The molecule has 0 atom stereocenters. The van der Waals surface area contributed by atoms with Gasteiger partial charge in [0.2, 0.25) is 0 Å². The SMILES string of the molecule is CCNC(=NCC1(CCOC)CC1)NC1CN(C(=O)OC(C)(C)C)C1.I. The molecule has 1 aliphatic carbocycles. The number of hydrogen-bond donors (Lipinski definition) is 2. The third-order valence-electron chi connectivity index (χ3n) is 4.58. The highest BCUT2D eigenvalue weighted by molar-refractivity contribution is 14.0. The predicted octanol–water partition coefficient (Wildman–Crippen LogP) is 2.60. The lowest BCUT2D eigenvalue weighted by molar-refractivity contribution is 0.00701. The van der Waals surface area contributed by atoms with Crippen LogP contribution in [-0.2, 0) is 9.47 Å². The van der Waals surface area contributed by atoms with Crippen LogP contribution in [-0.4, -0.2) is 68.5 Å². The van der Waals surface area contributed by atoms with Crippen molar-refractivity contribution in [2.45, 2.75) is 58.6 Å². The number of rotatable bonds is 7. The van der Waals surface area contributed by atoms with Crippen LogP contribution in [0.5, 0.6) is 0 Å². The normalized spacial score (nSPS) is 19.3. The molecular weight excluding hydrogens is 447 g/mol. The largest absolute Gasteiger partial charge is 0.444 e. The number of likely N-dealkylation sites (tertiary alicyclic amines) is 1. The fraction of sp³-hybridized carbons (Fsp3) is 0.889. The summed E-state index contributed by atoms with van der Waals surface area (Å²) in [4.78, 5) is 18.5. The molecule has 1 saturated heterocycles. The number of halogens is 1. The fourth-order valence-corrected chi connectivity index (χ4v) is 2.79. The summed E-state index contributed by atoms with van der Waals surface area (Å²) in [6.45, 7) is 11.4. The minimum absolute atomic E-state index is 0. The molecule has 1 aliphatic heterocycles. The molecular formula is C18H35IN4O3. The number of carbonyl (C=O) groups is 1. The highest BCUT2D eigenvalue weighted by Gasteiger charge is 2.42. The van der Waals surface area contributed by atoms with Gasteiger partial charge in [0.1, 0.15) is 5.60 Å². The van der Waals surface area contributed by atoms with E-state index in [1.54, 1.807) is 12.0 Å². The summed E-state index contributed by atoms with van der Waals surface area (Å²) in [6, 6.07) is 0.222. The molecule has 1 saturated carbocycles. The summed E-state index contributed by atoms with van der Waals surface area (Å²) in [6.07, 6.45) is 3.29. The maximum Gasteiger partial charge on any atom is 0.410 e. The Morgan fingerprint density at radius 3 is 2.46 bits per heavy atom. The second-order valence-corrected chi connectivity index (χ2v) is 8.16. The Kier molecular flexibility index (Phi) is 8.92. The highest BCUT2D eigenvalue weighted by atomic mass is 127. The van der Waals surface area contributed by atoms with E-state index in [4.69, 9.17) is 14.5 Å². The molecule has 1 heterocycles. The molecule has 1 amide bonds. The summed E-state index contributed by atoms with van der Waals surface area (Å²) < 4.78 is 10.6. The molecule has 2 N–H and O–H groups in total. The van der Waals surface area contributed by atoms with Crippen molar-refractivity contribution in [1.82, 2.24) is 15.5 Å². The van der Waals surface area contributed by atoms with E-state index in [9.17, 15) is 4.79 Å². The molecule has 7 nitrogen and oxygen atoms in total. The van der Waals surface area contributed by atoms with E-state index in [2.05, 4.69) is 17.6 Å². The van der Waals surface area contributed by atoms with Crippen LogP contribution in [0.25, 0.3) is 0 Å². The molecule has 0 spiro atoms. The summed E-state index contributed by atoms with van der Waals surface area (Å²) in [5.41, 5.74) is -0.118. The quantitative estimate of drug-likeness (QED) is 0.332. The number of guanidine groups is 1. The van der Waals surface area contributed by atoms with Gasteiger partial charge in [0.25, 0.3) is 0 Å². The van der Waals surface area contributed by atoms with Crippen LogP contribution < -0.4 is 10.6 Å². The van der Waals surface area contributed by atoms with Crippen LogP contribution in [0.15, 0.2) is 4.99 Å². The van der Waals surface area contributed by atoms with Gasteiger partial charge in [-0.25, -0.2) is 4.79 Å². The van der Waals surface area contributed by atoms with Gasteiger partial charge in [-0.1, -0.05) is 0 Å². The number of nitrogens with one attached hydrogen (secondary N) is 2. The van der Waals surface area contributed by atoms with Gasteiger partial charge in [0.05, 0.1) is 6.04 Å². The highest BCUT2D eigenvalue weighted by Crippen LogP contribution is 2.48. The van der Waals surface area contributed by atoms with Crippen LogP contribution in [0, 0.1) is 5.41 Å². The number of amides is 1. The molecule has 26 heavy (non-hydrogen) atoms. The molecule has 8 heteroatoms. The standard InChI is InChI=1S/C18H34N4O3.HI/c1-6-19-15(20-13-18(7-8-18)9-10-24-5)21-14-11-22(12-14)16(23)25-17(2,3)4;/h14H,6-13H2,1-5H3,(H2,19,20,21);1H. The van der Waals surface area contributed by atoms with Crippen molar-refractivity contribution < 1.29 is 14.3 Å². The molecule has 0 aromatic carbocycles. The molecule has 2 rings (SSSR count). The Labute approximate surface area is 174 Å². The minimum atomic E-state index is -0.452. The Morgan fingerprint density at radius 1 is 1.31 bits per heavy atom. The van der Waals surface area contributed by atoms with E-state index in [1.807, 2.05) is 20.8 Å². The van der Waals surface area contributed by atoms with Gasteiger partial charge < -0.3 is 25.0 Å². The van der Waals surface area contributed by atoms with Crippen molar-refractivity contribution in [3.05, 3.63) is 0 Å². The maximum absolute atomic E-state index is 12.0. The zero-order valence-corrected chi connectivity index (χ0v) is 19.1. The fourth-order valence-electron chi connectivity index (χ4n) is 2.79. The van der Waals surface area contributed by atoms with Gasteiger partial charge in [-0.2, -0.15) is 0 Å². The van der Waals surface area contributed by atoms with Gasteiger partial charge in [0.15, 0.2) is 5.96 Å². The molecule has 152 valence electrons. The Morgan fingerprint density at radius 2 is 1.96 bits per heavy atom. The van der Waals surface area contributed by atoms with Gasteiger partial charge in [0, 0.05) is 39.9 Å². The van der Waals surface area contributed by atoms with Gasteiger partial charge >= 0.3 is 6.09 Å². The van der Waals surface area contributed by atoms with Crippen molar-refractivity contribution in [1.29, 1.82) is 0 Å². The molecule has 2 fully saturated rings. The van der Waals surface area contributed by atoms with E-state index in [0.29, 0.717) is 18.5 Å². The van der Waals surface area contributed by atoms with Crippen molar-refractivity contribution >= 4 is 36.0 Å². The smallest absolute Gasteiger partial charge is 0.410 e. The van der Waals surface area contributed by atoms with Gasteiger partial charge in [-0.3, -0.25) is 4.99 Å². The first kappa shape index (κ1) is 23.3. The van der Waals surface area contributed by atoms with Crippen molar-refractivity contribution in [3.63, 3.8) is 0 Å². The third kappa shape index (κ3) is 7.46. The summed E-state index contributed by atoms with van der Waals surface area (Å²) >= 11 is 0. The van der Waals surface area contributed by atoms with E-state index >= 15 is 0 Å². The Bertz CT molecular complexity index is 483. The van der Waals surface area contributed by atoms with Crippen LogP contribution in [0.2, 0.25) is 0 Å². The summed E-state index contributed by atoms with van der Waals surface area (Å²) in [7, 11) is 1.75. The summed E-state index contributed by atoms with van der Waals surface area (Å²) in [5.74, 6) is 0.833. The van der Waals surface area contributed by atoms with Gasteiger partial charge in [-0.15, -0.1) is 24.0 Å². The maximum atomic E-state index is 12.0. The van der Waals surface area contributed by atoms with Crippen molar-refractivity contribution in [2.24, 2.45) is 10.4 Å². The van der Waals surface area contributed by atoms with Crippen LogP contribution in [0.4, 0.5) is 4.79 Å². The predicted molar refractivity (Wildman–Crippen MR) is 114 cm³/mol.